The Kier molecular flexibility index (Phi) is 5.66. The summed E-state index contributed by atoms with van der Waals surface area (Å²) in [7, 11) is 5.95. The number of ether oxygens (including phenoxy) is 1. The first-order valence-electron chi connectivity index (χ1n) is 9.80. The maximum atomic E-state index is 12.5. The van der Waals surface area contributed by atoms with Crippen molar-refractivity contribution in [3.63, 3.8) is 0 Å². The number of aryl methyl sites for hydroxylation is 2. The Bertz CT molecular complexity index is 1710. The number of nitrogens with one attached hydrogen (secondary N) is 2. The van der Waals surface area contributed by atoms with Crippen LogP contribution in [-0.4, -0.2) is 46.7 Å². The Hall–Kier alpha value is -4.46. The van der Waals surface area contributed by atoms with E-state index in [2.05, 4.69) is 20.5 Å². The van der Waals surface area contributed by atoms with Gasteiger partial charge in [-0.1, -0.05) is 6.07 Å². The van der Waals surface area contributed by atoms with Crippen LogP contribution < -0.4 is 27.0 Å². The highest BCUT2D eigenvalue weighted by Crippen LogP contribution is 2.22. The van der Waals surface area contributed by atoms with Gasteiger partial charge in [-0.2, -0.15) is 10.1 Å². The lowest BCUT2D eigenvalue weighted by Gasteiger charge is -2.12. The average Bonchev–Trinajstić information content (AvgIpc) is 3.14. The highest BCUT2D eigenvalue weighted by Gasteiger charge is 2.17. The van der Waals surface area contributed by atoms with Gasteiger partial charge >= 0.3 is 5.69 Å². The van der Waals surface area contributed by atoms with E-state index in [4.69, 9.17) is 17.0 Å². The number of methoxy groups -OCH3 is 1. The molecule has 0 bridgehead atoms. The van der Waals surface area contributed by atoms with Crippen molar-refractivity contribution in [2.75, 3.05) is 12.5 Å². The Morgan fingerprint density at radius 3 is 2.62 bits per heavy atom. The predicted octanol–water partition coefficient (Wildman–Crippen LogP) is 0.339. The van der Waals surface area contributed by atoms with E-state index in [1.807, 2.05) is 0 Å². The summed E-state index contributed by atoms with van der Waals surface area (Å²) in [6.07, 6.45) is 1.09. The van der Waals surface area contributed by atoms with Gasteiger partial charge in [0, 0.05) is 27.2 Å². The maximum Gasteiger partial charge on any atom is 0.332 e. The van der Waals surface area contributed by atoms with Crippen LogP contribution in [0.1, 0.15) is 5.56 Å². The number of nitrogens with zero attached hydrogens (tertiary/aromatic N) is 6. The van der Waals surface area contributed by atoms with Crippen LogP contribution in [0.2, 0.25) is 0 Å². The van der Waals surface area contributed by atoms with E-state index in [-0.39, 0.29) is 27.4 Å². The van der Waals surface area contributed by atoms with Gasteiger partial charge in [-0.05, 0) is 24.4 Å². The molecule has 1 aromatic carbocycles. The molecule has 0 radical (unpaired) electrons. The summed E-state index contributed by atoms with van der Waals surface area (Å²) in [5.74, 6) is 0.235. The van der Waals surface area contributed by atoms with Crippen molar-refractivity contribution < 1.29 is 9.84 Å². The summed E-state index contributed by atoms with van der Waals surface area (Å²) in [5, 5.41) is 14.8. The number of anilines is 1. The van der Waals surface area contributed by atoms with Crippen LogP contribution in [0.3, 0.4) is 0 Å². The van der Waals surface area contributed by atoms with Gasteiger partial charge < -0.3 is 14.4 Å². The zero-order valence-electron chi connectivity index (χ0n) is 18.6. The average molecular weight is 484 g/mol. The van der Waals surface area contributed by atoms with Crippen LogP contribution in [0.4, 0.5) is 5.95 Å². The molecule has 0 aliphatic rings. The standard InChI is InChI=1S/C20H20N8O5S/c1-25-13-14(26(2)20(32)27(3)17(13)31)22-18(25)24-21-9-12-15(29)23-19(34)28(16(12)30)10-6-5-7-11(8-10)33-4/h5-9,30H,1-4H3,(H,22,24)(H,23,29,34). The quantitative estimate of drug-likeness (QED) is 0.208. The molecule has 0 spiro atoms. The Morgan fingerprint density at radius 1 is 1.18 bits per heavy atom. The predicted molar refractivity (Wildman–Crippen MR) is 128 cm³/mol. The second-order valence-electron chi connectivity index (χ2n) is 7.28. The van der Waals surface area contributed by atoms with E-state index >= 15 is 0 Å². The number of aromatic amines is 1. The van der Waals surface area contributed by atoms with E-state index < -0.39 is 22.7 Å². The summed E-state index contributed by atoms with van der Waals surface area (Å²) < 4.78 is 10.1. The Labute approximate surface area is 195 Å². The van der Waals surface area contributed by atoms with Crippen molar-refractivity contribution >= 4 is 35.5 Å². The van der Waals surface area contributed by atoms with E-state index in [1.54, 1.807) is 31.3 Å². The third kappa shape index (κ3) is 3.59. The second kappa shape index (κ2) is 8.47. The fourth-order valence-electron chi connectivity index (χ4n) is 3.42. The fourth-order valence-corrected chi connectivity index (χ4v) is 3.70. The number of H-pyrrole nitrogens is 1. The molecule has 3 heterocycles. The molecule has 176 valence electrons. The van der Waals surface area contributed by atoms with Gasteiger partial charge in [0.25, 0.3) is 11.1 Å². The first-order chi connectivity index (χ1) is 16.1. The smallest absolute Gasteiger partial charge is 0.332 e. The van der Waals surface area contributed by atoms with E-state index in [9.17, 15) is 19.5 Å². The second-order valence-corrected chi connectivity index (χ2v) is 7.66. The summed E-state index contributed by atoms with van der Waals surface area (Å²) in [4.78, 5) is 43.8. The molecule has 0 aliphatic carbocycles. The third-order valence-corrected chi connectivity index (χ3v) is 5.55. The van der Waals surface area contributed by atoms with Gasteiger partial charge in [-0.15, -0.1) is 0 Å². The molecule has 0 fully saturated rings. The molecule has 0 atom stereocenters. The zero-order valence-corrected chi connectivity index (χ0v) is 19.4. The van der Waals surface area contributed by atoms with Crippen LogP contribution >= 0.6 is 12.2 Å². The number of rotatable bonds is 5. The molecule has 0 aliphatic heterocycles. The van der Waals surface area contributed by atoms with Crippen molar-refractivity contribution in [1.29, 1.82) is 0 Å². The SMILES string of the molecule is COc1cccc(-n2c(O)c(C=NNc3nc4c(c(=O)n(C)c(=O)n4C)n3C)c(=O)[nH]c2=S)c1. The van der Waals surface area contributed by atoms with Gasteiger partial charge in [-0.25, -0.2) is 10.2 Å². The molecule has 3 N–H and O–H groups in total. The minimum Gasteiger partial charge on any atom is -0.497 e. The molecule has 14 heteroatoms. The topological polar surface area (TPSA) is 153 Å². The Morgan fingerprint density at radius 2 is 1.91 bits per heavy atom. The number of hydrogen-bond donors (Lipinski definition) is 3. The van der Waals surface area contributed by atoms with Gasteiger partial charge in [0.15, 0.2) is 15.9 Å². The lowest BCUT2D eigenvalue weighted by molar-refractivity contribution is 0.413. The molecule has 0 amide bonds. The van der Waals surface area contributed by atoms with Crippen LogP contribution in [0.25, 0.3) is 16.9 Å². The zero-order chi connectivity index (χ0) is 24.7. The van der Waals surface area contributed by atoms with Crippen molar-refractivity contribution in [2.24, 2.45) is 26.2 Å². The molecule has 4 aromatic rings. The van der Waals surface area contributed by atoms with Crippen LogP contribution in [-0.2, 0) is 21.1 Å². The van der Waals surface area contributed by atoms with E-state index in [0.717, 1.165) is 10.8 Å². The minimum absolute atomic E-state index is 0.0204. The summed E-state index contributed by atoms with van der Waals surface area (Å²) in [6, 6.07) is 6.75. The molecule has 0 unspecified atom stereocenters. The minimum atomic E-state index is -0.659. The molecule has 4 rings (SSSR count). The van der Waals surface area contributed by atoms with Gasteiger partial charge in [0.2, 0.25) is 11.8 Å². The highest BCUT2D eigenvalue weighted by molar-refractivity contribution is 7.71. The van der Waals surface area contributed by atoms with Crippen molar-refractivity contribution in [1.82, 2.24) is 28.2 Å². The highest BCUT2D eigenvalue weighted by atomic mass is 32.1. The fraction of sp³-hybridized carbons (Fsp3) is 0.200. The van der Waals surface area contributed by atoms with Gasteiger partial charge in [-0.3, -0.25) is 28.3 Å². The normalized spacial score (nSPS) is 11.4. The number of hydrogen-bond acceptors (Lipinski definition) is 9. The van der Waals surface area contributed by atoms with Crippen LogP contribution in [0.5, 0.6) is 11.6 Å². The van der Waals surface area contributed by atoms with E-state index in [1.165, 1.54) is 34.9 Å². The maximum absolute atomic E-state index is 12.5. The van der Waals surface area contributed by atoms with Crippen LogP contribution in [0, 0.1) is 4.77 Å². The molecule has 0 saturated carbocycles. The van der Waals surface area contributed by atoms with Crippen molar-refractivity contribution in [2.45, 2.75) is 0 Å². The monoisotopic (exact) mass is 484 g/mol. The summed E-state index contributed by atoms with van der Waals surface area (Å²) in [6.45, 7) is 0. The number of aromatic hydroxyl groups is 1. The lowest BCUT2D eigenvalue weighted by atomic mass is 10.2. The first-order valence-corrected chi connectivity index (χ1v) is 10.2. The molecule has 0 saturated heterocycles. The molecular formula is C20H20N8O5S. The van der Waals surface area contributed by atoms with Crippen molar-refractivity contribution in [3.05, 3.63) is 65.8 Å². The van der Waals surface area contributed by atoms with Crippen molar-refractivity contribution in [3.8, 4) is 17.3 Å². The number of fused-ring (bicyclic) bond motifs is 1. The van der Waals surface area contributed by atoms with Gasteiger partial charge in [0.1, 0.15) is 11.3 Å². The Balaban J connectivity index is 1.76. The molecule has 34 heavy (non-hydrogen) atoms. The van der Waals surface area contributed by atoms with E-state index in [0.29, 0.717) is 11.4 Å². The third-order valence-electron chi connectivity index (χ3n) is 5.27. The largest absolute Gasteiger partial charge is 0.497 e. The summed E-state index contributed by atoms with van der Waals surface area (Å²) >= 11 is 5.21. The van der Waals surface area contributed by atoms with Gasteiger partial charge in [0.05, 0.1) is 19.0 Å². The first kappa shape index (κ1) is 22.7. The molecule has 13 nitrogen and oxygen atoms in total. The number of hydrazone groups is 1. The lowest BCUT2D eigenvalue weighted by Crippen LogP contribution is -2.37. The molecular weight excluding hydrogens is 464 g/mol. The summed E-state index contributed by atoms with van der Waals surface area (Å²) in [5.41, 5.74) is 1.58. The molecule has 3 aromatic heterocycles. The number of imidazole rings is 1. The van der Waals surface area contributed by atoms with Crippen LogP contribution in [0.15, 0.2) is 43.8 Å². The number of benzene rings is 1. The number of aromatic nitrogens is 6.